The molecule has 1 aromatic rings. The standard InChI is InChI=1S/C20H33N3O/c1-3-4-5-12-21-20(24)22-14-18-8-10-19(11-9-18)16-23-13-6-7-17(2)15-23/h8-11,17H,3-7,12-16H2,1-2H3,(H2,21,22,24). The molecule has 4 nitrogen and oxygen atoms in total. The third-order valence-corrected chi connectivity index (χ3v) is 4.69. The summed E-state index contributed by atoms with van der Waals surface area (Å²) in [4.78, 5) is 14.3. The van der Waals surface area contributed by atoms with Gasteiger partial charge in [-0.25, -0.2) is 4.79 Å². The van der Waals surface area contributed by atoms with E-state index in [-0.39, 0.29) is 6.03 Å². The summed E-state index contributed by atoms with van der Waals surface area (Å²) in [6.45, 7) is 9.31. The van der Waals surface area contributed by atoms with Gasteiger partial charge < -0.3 is 10.6 Å². The zero-order chi connectivity index (χ0) is 17.2. The van der Waals surface area contributed by atoms with E-state index in [4.69, 9.17) is 0 Å². The second kappa shape index (κ2) is 10.3. The maximum Gasteiger partial charge on any atom is 0.315 e. The monoisotopic (exact) mass is 331 g/mol. The predicted octanol–water partition coefficient (Wildman–Crippen LogP) is 3.91. The molecule has 24 heavy (non-hydrogen) atoms. The van der Waals surface area contributed by atoms with Crippen LogP contribution in [0.5, 0.6) is 0 Å². The van der Waals surface area contributed by atoms with Gasteiger partial charge in [-0.15, -0.1) is 0 Å². The minimum atomic E-state index is -0.0718. The van der Waals surface area contributed by atoms with Gasteiger partial charge in [-0.2, -0.15) is 0 Å². The zero-order valence-corrected chi connectivity index (χ0v) is 15.3. The van der Waals surface area contributed by atoms with Crippen LogP contribution in [-0.2, 0) is 13.1 Å². The van der Waals surface area contributed by atoms with Crippen molar-refractivity contribution in [2.45, 2.75) is 59.0 Å². The van der Waals surface area contributed by atoms with Crippen LogP contribution in [0.3, 0.4) is 0 Å². The highest BCUT2D eigenvalue weighted by Crippen LogP contribution is 2.18. The van der Waals surface area contributed by atoms with Gasteiger partial charge in [0, 0.05) is 26.2 Å². The molecular weight excluding hydrogens is 298 g/mol. The predicted molar refractivity (Wildman–Crippen MR) is 99.9 cm³/mol. The van der Waals surface area contributed by atoms with Crippen molar-refractivity contribution in [2.24, 2.45) is 5.92 Å². The van der Waals surface area contributed by atoms with Gasteiger partial charge in [-0.05, 0) is 42.9 Å². The van der Waals surface area contributed by atoms with Gasteiger partial charge >= 0.3 is 6.03 Å². The Morgan fingerprint density at radius 3 is 2.62 bits per heavy atom. The third-order valence-electron chi connectivity index (χ3n) is 4.69. The van der Waals surface area contributed by atoms with Crippen molar-refractivity contribution in [1.82, 2.24) is 15.5 Å². The molecule has 0 radical (unpaired) electrons. The second-order valence-corrected chi connectivity index (χ2v) is 7.12. The van der Waals surface area contributed by atoms with Crippen LogP contribution in [0.1, 0.15) is 57.1 Å². The smallest absolute Gasteiger partial charge is 0.315 e. The number of piperidine rings is 1. The summed E-state index contributed by atoms with van der Waals surface area (Å²) in [5.41, 5.74) is 2.51. The van der Waals surface area contributed by atoms with Gasteiger partial charge in [0.2, 0.25) is 0 Å². The number of nitrogens with zero attached hydrogens (tertiary/aromatic N) is 1. The average molecular weight is 332 g/mol. The van der Waals surface area contributed by atoms with E-state index in [1.54, 1.807) is 0 Å². The molecule has 0 bridgehead atoms. The van der Waals surface area contributed by atoms with Gasteiger partial charge in [0.15, 0.2) is 0 Å². The fourth-order valence-electron chi connectivity index (χ4n) is 3.27. The normalized spacial score (nSPS) is 18.3. The van der Waals surface area contributed by atoms with Crippen LogP contribution in [0.4, 0.5) is 4.79 Å². The highest BCUT2D eigenvalue weighted by molar-refractivity contribution is 5.73. The quantitative estimate of drug-likeness (QED) is 0.709. The van der Waals surface area contributed by atoms with E-state index in [9.17, 15) is 4.79 Å². The summed E-state index contributed by atoms with van der Waals surface area (Å²) in [5, 5.41) is 5.82. The lowest BCUT2D eigenvalue weighted by Crippen LogP contribution is -2.35. The number of nitrogens with one attached hydrogen (secondary N) is 2. The summed E-state index contributed by atoms with van der Waals surface area (Å²) in [7, 11) is 0. The minimum absolute atomic E-state index is 0.0718. The number of carbonyl (C=O) groups is 1. The van der Waals surface area contributed by atoms with Crippen LogP contribution < -0.4 is 10.6 Å². The summed E-state index contributed by atoms with van der Waals surface area (Å²) in [6.07, 6.45) is 6.06. The number of benzene rings is 1. The van der Waals surface area contributed by atoms with Gasteiger partial charge in [-0.3, -0.25) is 4.90 Å². The first-order valence-electron chi connectivity index (χ1n) is 9.49. The van der Waals surface area contributed by atoms with E-state index < -0.39 is 0 Å². The number of likely N-dealkylation sites (tertiary alicyclic amines) is 1. The van der Waals surface area contributed by atoms with Crippen molar-refractivity contribution in [3.63, 3.8) is 0 Å². The molecule has 4 heteroatoms. The highest BCUT2D eigenvalue weighted by Gasteiger charge is 2.16. The number of hydrogen-bond acceptors (Lipinski definition) is 2. The topological polar surface area (TPSA) is 44.4 Å². The molecule has 1 saturated heterocycles. The molecule has 1 aliphatic rings. The van der Waals surface area contributed by atoms with E-state index in [2.05, 4.69) is 53.6 Å². The number of carbonyl (C=O) groups excluding carboxylic acids is 1. The number of urea groups is 1. The van der Waals surface area contributed by atoms with Crippen molar-refractivity contribution in [3.8, 4) is 0 Å². The molecule has 2 N–H and O–H groups in total. The highest BCUT2D eigenvalue weighted by atomic mass is 16.2. The fraction of sp³-hybridized carbons (Fsp3) is 0.650. The Morgan fingerprint density at radius 2 is 1.92 bits per heavy atom. The molecule has 1 aromatic carbocycles. The van der Waals surface area contributed by atoms with Crippen LogP contribution >= 0.6 is 0 Å². The van der Waals surface area contributed by atoms with E-state index in [1.165, 1.54) is 37.9 Å². The third kappa shape index (κ3) is 6.91. The van der Waals surface area contributed by atoms with Crippen molar-refractivity contribution < 1.29 is 4.79 Å². The van der Waals surface area contributed by atoms with Crippen LogP contribution in [-0.4, -0.2) is 30.6 Å². The lowest BCUT2D eigenvalue weighted by atomic mass is 9.99. The van der Waals surface area contributed by atoms with E-state index >= 15 is 0 Å². The van der Waals surface area contributed by atoms with Crippen molar-refractivity contribution in [3.05, 3.63) is 35.4 Å². The Kier molecular flexibility index (Phi) is 8.10. The fourth-order valence-corrected chi connectivity index (χ4v) is 3.27. The Morgan fingerprint density at radius 1 is 1.17 bits per heavy atom. The first-order valence-corrected chi connectivity index (χ1v) is 9.49. The van der Waals surface area contributed by atoms with Crippen molar-refractivity contribution in [2.75, 3.05) is 19.6 Å². The molecule has 1 atom stereocenters. The first kappa shape index (κ1) is 18.8. The summed E-state index contributed by atoms with van der Waals surface area (Å²) in [6, 6.07) is 8.56. The van der Waals surface area contributed by atoms with Crippen LogP contribution in [0.2, 0.25) is 0 Å². The van der Waals surface area contributed by atoms with Crippen LogP contribution in [0.25, 0.3) is 0 Å². The van der Waals surface area contributed by atoms with Gasteiger partial charge in [0.25, 0.3) is 0 Å². The summed E-state index contributed by atoms with van der Waals surface area (Å²) >= 11 is 0. The summed E-state index contributed by atoms with van der Waals surface area (Å²) < 4.78 is 0. The number of hydrogen-bond donors (Lipinski definition) is 2. The molecule has 0 saturated carbocycles. The minimum Gasteiger partial charge on any atom is -0.338 e. The molecular formula is C20H33N3O. The number of rotatable bonds is 8. The van der Waals surface area contributed by atoms with E-state index in [1.807, 2.05) is 0 Å². The Hall–Kier alpha value is -1.55. The summed E-state index contributed by atoms with van der Waals surface area (Å²) in [5.74, 6) is 0.818. The molecule has 1 heterocycles. The Labute approximate surface area is 147 Å². The maximum absolute atomic E-state index is 11.7. The van der Waals surface area contributed by atoms with Crippen molar-refractivity contribution >= 4 is 6.03 Å². The molecule has 0 aromatic heterocycles. The number of amides is 2. The van der Waals surface area contributed by atoms with E-state index in [0.29, 0.717) is 6.54 Å². The first-order chi connectivity index (χ1) is 11.7. The van der Waals surface area contributed by atoms with Crippen LogP contribution in [0.15, 0.2) is 24.3 Å². The molecule has 134 valence electrons. The molecule has 2 rings (SSSR count). The van der Waals surface area contributed by atoms with Gasteiger partial charge in [0.05, 0.1) is 0 Å². The zero-order valence-electron chi connectivity index (χ0n) is 15.3. The van der Waals surface area contributed by atoms with E-state index in [0.717, 1.165) is 37.4 Å². The molecule has 1 fully saturated rings. The lowest BCUT2D eigenvalue weighted by molar-refractivity contribution is 0.176. The second-order valence-electron chi connectivity index (χ2n) is 7.12. The lowest BCUT2D eigenvalue weighted by Gasteiger charge is -2.30. The van der Waals surface area contributed by atoms with Gasteiger partial charge in [0.1, 0.15) is 0 Å². The maximum atomic E-state index is 11.7. The largest absolute Gasteiger partial charge is 0.338 e. The molecule has 0 aliphatic carbocycles. The molecule has 2 amide bonds. The number of unbranched alkanes of at least 4 members (excludes halogenated alkanes) is 2. The Balaban J connectivity index is 1.68. The average Bonchev–Trinajstić information content (AvgIpc) is 2.58. The molecule has 0 spiro atoms. The molecule has 1 aliphatic heterocycles. The SMILES string of the molecule is CCCCCNC(=O)NCc1ccc(CN2CCCC(C)C2)cc1. The van der Waals surface area contributed by atoms with Gasteiger partial charge in [-0.1, -0.05) is 51.0 Å². The Bertz CT molecular complexity index is 486. The van der Waals surface area contributed by atoms with Crippen molar-refractivity contribution in [1.29, 1.82) is 0 Å². The van der Waals surface area contributed by atoms with Crippen LogP contribution in [0, 0.1) is 5.92 Å². The molecule has 1 unspecified atom stereocenters.